The molecule has 2 aliphatic heterocycles. The number of benzene rings is 2. The molecule has 4 amide bonds. The predicted octanol–water partition coefficient (Wildman–Crippen LogP) is 5.93. The zero-order chi connectivity index (χ0) is 33.6. The molecule has 2 heterocycles. The fourth-order valence-electron chi connectivity index (χ4n) is 5.65. The van der Waals surface area contributed by atoms with Crippen LogP contribution in [0, 0.1) is 0 Å². The van der Waals surface area contributed by atoms with Gasteiger partial charge in [0.1, 0.15) is 0 Å². The van der Waals surface area contributed by atoms with E-state index in [1.807, 2.05) is 71.6 Å². The van der Waals surface area contributed by atoms with Crippen LogP contribution < -0.4 is 5.73 Å². The minimum absolute atomic E-state index is 0.0188. The lowest BCUT2D eigenvalue weighted by atomic mass is 10.1. The number of nitrogens with zero attached hydrogens (tertiary/aromatic N) is 4. The summed E-state index contributed by atoms with van der Waals surface area (Å²) < 4.78 is 4.70. The molecule has 0 unspecified atom stereocenters. The molecule has 0 aliphatic carbocycles. The molecule has 0 spiro atoms. The Labute approximate surface area is 274 Å². The van der Waals surface area contributed by atoms with Gasteiger partial charge in [-0.1, -0.05) is 36.4 Å². The highest BCUT2D eigenvalue weighted by molar-refractivity contribution is 5.97. The van der Waals surface area contributed by atoms with Crippen LogP contribution in [0.25, 0.3) is 0 Å². The summed E-state index contributed by atoms with van der Waals surface area (Å²) in [5.41, 5.74) is 8.56. The number of amides is 4. The first kappa shape index (κ1) is 36.5. The Kier molecular flexibility index (Phi) is 14.5. The van der Waals surface area contributed by atoms with E-state index in [2.05, 4.69) is 0 Å². The van der Waals surface area contributed by atoms with Crippen molar-refractivity contribution in [3.05, 3.63) is 70.8 Å². The van der Waals surface area contributed by atoms with Gasteiger partial charge in [-0.25, -0.2) is 14.4 Å². The summed E-state index contributed by atoms with van der Waals surface area (Å²) >= 11 is 0. The van der Waals surface area contributed by atoms with Crippen LogP contribution >= 0.6 is 0 Å². The van der Waals surface area contributed by atoms with Crippen molar-refractivity contribution in [1.29, 1.82) is 0 Å². The number of piperidine rings is 2. The van der Waals surface area contributed by atoms with Crippen molar-refractivity contribution in [2.75, 3.05) is 39.8 Å². The van der Waals surface area contributed by atoms with Crippen LogP contribution in [-0.2, 0) is 17.8 Å². The number of nitrogens with two attached hydrogens (primary N) is 1. The molecule has 10 heteroatoms. The van der Waals surface area contributed by atoms with Crippen LogP contribution in [0.5, 0.6) is 0 Å². The summed E-state index contributed by atoms with van der Waals surface area (Å²) in [7, 11) is 1.37. The number of methoxy groups -OCH3 is 1. The second kappa shape index (κ2) is 18.3. The molecule has 0 saturated carbocycles. The highest BCUT2D eigenvalue weighted by Gasteiger charge is 2.26. The van der Waals surface area contributed by atoms with Gasteiger partial charge in [0, 0.05) is 56.9 Å². The van der Waals surface area contributed by atoms with Crippen LogP contribution in [-0.4, -0.2) is 95.3 Å². The SMILES string of the molecule is CC(C)N(Cc1ccc(C(=O)CN)cc1)C(=O)N1CCCCC1.COC(=O)c1ccc(CN(C(=O)N2CCCCC2)C(C)C)cc1. The number of carbonyl (C=O) groups is 4. The number of Topliss-reactive ketones (excluding diaryl/α,β-unsaturated/α-hetero) is 1. The zero-order valence-corrected chi connectivity index (χ0v) is 28.4. The van der Waals surface area contributed by atoms with Crippen molar-refractivity contribution in [1.82, 2.24) is 19.6 Å². The Balaban J connectivity index is 0.000000250. The molecule has 0 aromatic heterocycles. The monoisotopic (exact) mass is 635 g/mol. The lowest BCUT2D eigenvalue weighted by Crippen LogP contribution is -2.47. The fraction of sp³-hybridized carbons (Fsp3) is 0.556. The second-order valence-electron chi connectivity index (χ2n) is 12.6. The van der Waals surface area contributed by atoms with Crippen molar-refractivity contribution in [3.8, 4) is 0 Å². The molecule has 2 aliphatic rings. The summed E-state index contributed by atoms with van der Waals surface area (Å²) in [6.07, 6.45) is 6.78. The Morgan fingerprint density at radius 1 is 0.652 bits per heavy atom. The molecule has 2 saturated heterocycles. The number of urea groups is 2. The molecule has 252 valence electrons. The van der Waals surface area contributed by atoms with E-state index in [-0.39, 0.29) is 42.4 Å². The summed E-state index contributed by atoms with van der Waals surface area (Å²) in [5, 5.41) is 0. The van der Waals surface area contributed by atoms with Crippen LogP contribution in [0.3, 0.4) is 0 Å². The Hall–Kier alpha value is -3.92. The van der Waals surface area contributed by atoms with Crippen LogP contribution in [0.2, 0.25) is 0 Å². The minimum atomic E-state index is -0.346. The summed E-state index contributed by atoms with van der Waals surface area (Å²) in [5.74, 6) is -0.414. The summed E-state index contributed by atoms with van der Waals surface area (Å²) in [6.45, 7) is 12.7. The number of hydrogen-bond donors (Lipinski definition) is 1. The molecule has 2 fully saturated rings. The largest absolute Gasteiger partial charge is 0.465 e. The molecule has 0 radical (unpaired) electrons. The number of rotatable bonds is 9. The number of likely N-dealkylation sites (tertiary alicyclic amines) is 2. The molecule has 4 rings (SSSR count). The smallest absolute Gasteiger partial charge is 0.337 e. The van der Waals surface area contributed by atoms with Crippen molar-refractivity contribution in [3.63, 3.8) is 0 Å². The average Bonchev–Trinajstić information content (AvgIpc) is 3.09. The van der Waals surface area contributed by atoms with E-state index in [1.54, 1.807) is 24.3 Å². The maximum absolute atomic E-state index is 12.7. The first-order valence-corrected chi connectivity index (χ1v) is 16.7. The zero-order valence-electron chi connectivity index (χ0n) is 28.4. The van der Waals surface area contributed by atoms with E-state index in [0.29, 0.717) is 24.2 Å². The molecule has 2 N–H and O–H groups in total. The van der Waals surface area contributed by atoms with E-state index in [0.717, 1.165) is 63.0 Å². The van der Waals surface area contributed by atoms with E-state index < -0.39 is 0 Å². The number of carbonyl (C=O) groups excluding carboxylic acids is 4. The maximum atomic E-state index is 12.7. The predicted molar refractivity (Wildman–Crippen MR) is 181 cm³/mol. The third-order valence-corrected chi connectivity index (χ3v) is 8.53. The molecule has 0 bridgehead atoms. The van der Waals surface area contributed by atoms with Crippen molar-refractivity contribution >= 4 is 23.8 Å². The van der Waals surface area contributed by atoms with Crippen molar-refractivity contribution < 1.29 is 23.9 Å². The molecule has 2 aromatic carbocycles. The first-order valence-electron chi connectivity index (χ1n) is 16.7. The van der Waals surface area contributed by atoms with E-state index in [1.165, 1.54) is 20.0 Å². The quantitative estimate of drug-likeness (QED) is 0.270. The average molecular weight is 636 g/mol. The van der Waals surface area contributed by atoms with E-state index in [9.17, 15) is 19.2 Å². The maximum Gasteiger partial charge on any atom is 0.337 e. The Bertz CT molecular complexity index is 1170. The molecule has 0 atom stereocenters. The number of ether oxygens (including phenoxy) is 1. The normalized spacial score (nSPS) is 14.8. The number of esters is 1. The molecule has 2 aromatic rings. The number of ketones is 1. The van der Waals surface area contributed by atoms with Gasteiger partial charge in [0.2, 0.25) is 0 Å². The van der Waals surface area contributed by atoms with Gasteiger partial charge in [0.15, 0.2) is 5.78 Å². The third kappa shape index (κ3) is 10.6. The lowest BCUT2D eigenvalue weighted by molar-refractivity contribution is 0.0600. The van der Waals surface area contributed by atoms with Crippen molar-refractivity contribution in [2.24, 2.45) is 5.73 Å². The standard InChI is InChI=1S/C18H27N3O2.C18H26N2O3/c1-14(2)21(18(23)20-10-4-3-5-11-20)13-15-6-8-16(9-7-15)17(22)12-19;1-14(2)20(18(22)19-11-5-4-6-12-19)13-15-7-9-16(10-8-15)17(21)23-3/h6-9,14H,3-5,10-13,19H2,1-2H3;7-10,14H,4-6,11-13H2,1-3H3. The van der Waals surface area contributed by atoms with Gasteiger partial charge < -0.3 is 30.1 Å². The van der Waals surface area contributed by atoms with Gasteiger partial charge in [-0.3, -0.25) is 4.79 Å². The Morgan fingerprint density at radius 2 is 1.02 bits per heavy atom. The topological polar surface area (TPSA) is 116 Å². The van der Waals surface area contributed by atoms with E-state index >= 15 is 0 Å². The van der Waals surface area contributed by atoms with Crippen LogP contribution in [0.1, 0.15) is 98.1 Å². The van der Waals surface area contributed by atoms with Gasteiger partial charge in [0.05, 0.1) is 19.2 Å². The lowest BCUT2D eigenvalue weighted by Gasteiger charge is -2.35. The Morgan fingerprint density at radius 3 is 1.35 bits per heavy atom. The highest BCUT2D eigenvalue weighted by Crippen LogP contribution is 2.18. The van der Waals surface area contributed by atoms with Crippen LogP contribution in [0.4, 0.5) is 9.59 Å². The highest BCUT2D eigenvalue weighted by atomic mass is 16.5. The van der Waals surface area contributed by atoms with E-state index in [4.69, 9.17) is 10.5 Å². The first-order chi connectivity index (χ1) is 22.0. The van der Waals surface area contributed by atoms with Gasteiger partial charge in [0.25, 0.3) is 0 Å². The van der Waals surface area contributed by atoms with Crippen molar-refractivity contribution in [2.45, 2.75) is 91.4 Å². The van der Waals surface area contributed by atoms with Gasteiger partial charge in [-0.05, 0) is 89.5 Å². The van der Waals surface area contributed by atoms with Crippen LogP contribution in [0.15, 0.2) is 48.5 Å². The summed E-state index contributed by atoms with van der Waals surface area (Å²) in [6, 6.07) is 15.1. The molecule has 46 heavy (non-hydrogen) atoms. The van der Waals surface area contributed by atoms with Gasteiger partial charge in [-0.2, -0.15) is 0 Å². The number of hydrogen-bond acceptors (Lipinski definition) is 6. The molecular formula is C36H53N5O5. The van der Waals surface area contributed by atoms with Gasteiger partial charge >= 0.3 is 18.0 Å². The third-order valence-electron chi connectivity index (χ3n) is 8.53. The molecule has 10 nitrogen and oxygen atoms in total. The van der Waals surface area contributed by atoms with Gasteiger partial charge in [-0.15, -0.1) is 0 Å². The summed E-state index contributed by atoms with van der Waals surface area (Å²) in [4.78, 5) is 56.2. The fourth-order valence-corrected chi connectivity index (χ4v) is 5.65. The minimum Gasteiger partial charge on any atom is -0.465 e. The second-order valence-corrected chi connectivity index (χ2v) is 12.6. The molecular weight excluding hydrogens is 582 g/mol.